The fourth-order valence-corrected chi connectivity index (χ4v) is 2.86. The lowest BCUT2D eigenvalue weighted by Crippen LogP contribution is -2.33. The van der Waals surface area contributed by atoms with Crippen molar-refractivity contribution in [2.75, 3.05) is 37.7 Å². The van der Waals surface area contributed by atoms with Gasteiger partial charge in [-0.1, -0.05) is 12.5 Å². The van der Waals surface area contributed by atoms with Crippen molar-refractivity contribution in [3.63, 3.8) is 0 Å². The van der Waals surface area contributed by atoms with E-state index >= 15 is 0 Å². The van der Waals surface area contributed by atoms with Crippen LogP contribution in [0.3, 0.4) is 0 Å². The third-order valence-corrected chi connectivity index (χ3v) is 4.22. The topological polar surface area (TPSA) is 73.7 Å². The van der Waals surface area contributed by atoms with Gasteiger partial charge in [0.2, 0.25) is 0 Å². The van der Waals surface area contributed by atoms with Crippen LogP contribution in [0.1, 0.15) is 19.3 Å². The molecule has 0 saturated carbocycles. The van der Waals surface area contributed by atoms with Crippen LogP contribution in [0.25, 0.3) is 0 Å². The van der Waals surface area contributed by atoms with Gasteiger partial charge in [0.05, 0.1) is 11.4 Å². The second-order valence-corrected chi connectivity index (χ2v) is 6.12. The molecule has 0 aliphatic carbocycles. The van der Waals surface area contributed by atoms with Crippen LogP contribution in [0.2, 0.25) is 0 Å². The summed E-state index contributed by atoms with van der Waals surface area (Å²) < 4.78 is 11.7. The van der Waals surface area contributed by atoms with Gasteiger partial charge in [-0.25, -0.2) is 0 Å². The van der Waals surface area contributed by atoms with Crippen molar-refractivity contribution in [1.82, 2.24) is 4.90 Å². The summed E-state index contributed by atoms with van der Waals surface area (Å²) in [5.74, 6) is 2.19. The third-order valence-electron chi connectivity index (χ3n) is 4.22. The SMILES string of the molecule is Nc1ccc(Oc2cccc(OCCN3CCCCC3)c2)cc1N. The van der Waals surface area contributed by atoms with E-state index in [4.69, 9.17) is 20.9 Å². The quantitative estimate of drug-likeness (QED) is 0.794. The summed E-state index contributed by atoms with van der Waals surface area (Å²) in [6.45, 7) is 4.04. The molecule has 0 unspecified atom stereocenters. The molecule has 5 heteroatoms. The zero-order chi connectivity index (χ0) is 16.8. The Hall–Kier alpha value is -2.40. The number of hydrogen-bond acceptors (Lipinski definition) is 5. The summed E-state index contributed by atoms with van der Waals surface area (Å²) >= 11 is 0. The Labute approximate surface area is 143 Å². The summed E-state index contributed by atoms with van der Waals surface area (Å²) in [5.41, 5.74) is 12.6. The summed E-state index contributed by atoms with van der Waals surface area (Å²) in [4.78, 5) is 2.46. The Kier molecular flexibility index (Phi) is 5.43. The molecule has 1 saturated heterocycles. The van der Waals surface area contributed by atoms with E-state index in [1.54, 1.807) is 18.2 Å². The Morgan fingerprint density at radius 3 is 2.38 bits per heavy atom. The lowest BCUT2D eigenvalue weighted by molar-refractivity contribution is 0.183. The highest BCUT2D eigenvalue weighted by Gasteiger charge is 2.09. The predicted octanol–water partition coefficient (Wildman–Crippen LogP) is 3.51. The van der Waals surface area contributed by atoms with Gasteiger partial charge in [0, 0.05) is 18.7 Å². The molecule has 1 aliphatic rings. The lowest BCUT2D eigenvalue weighted by atomic mass is 10.1. The lowest BCUT2D eigenvalue weighted by Gasteiger charge is -2.26. The first-order valence-electron chi connectivity index (χ1n) is 8.49. The molecular formula is C19H25N3O2. The molecule has 0 spiro atoms. The second-order valence-electron chi connectivity index (χ2n) is 6.12. The fraction of sp³-hybridized carbons (Fsp3) is 0.368. The molecule has 1 heterocycles. The third kappa shape index (κ3) is 4.55. The molecule has 5 nitrogen and oxygen atoms in total. The molecule has 0 amide bonds. The van der Waals surface area contributed by atoms with Gasteiger partial charge >= 0.3 is 0 Å². The number of hydrogen-bond donors (Lipinski definition) is 2. The minimum absolute atomic E-state index is 0.515. The summed E-state index contributed by atoms with van der Waals surface area (Å²) in [7, 11) is 0. The smallest absolute Gasteiger partial charge is 0.131 e. The van der Waals surface area contributed by atoms with Crippen molar-refractivity contribution in [3.8, 4) is 17.2 Å². The predicted molar refractivity (Wildman–Crippen MR) is 97.6 cm³/mol. The first-order chi connectivity index (χ1) is 11.7. The number of nitrogens with zero attached hydrogens (tertiary/aromatic N) is 1. The number of nitrogen functional groups attached to an aromatic ring is 2. The Balaban J connectivity index is 1.54. The molecule has 0 radical (unpaired) electrons. The number of anilines is 2. The van der Waals surface area contributed by atoms with Crippen LogP contribution in [0.4, 0.5) is 11.4 Å². The van der Waals surface area contributed by atoms with Crippen molar-refractivity contribution in [2.45, 2.75) is 19.3 Å². The average molecular weight is 327 g/mol. The zero-order valence-electron chi connectivity index (χ0n) is 13.9. The molecule has 0 bridgehead atoms. The minimum Gasteiger partial charge on any atom is -0.492 e. The van der Waals surface area contributed by atoms with E-state index in [1.165, 1.54) is 32.4 Å². The molecule has 4 N–H and O–H groups in total. The number of rotatable bonds is 6. The highest BCUT2D eigenvalue weighted by molar-refractivity contribution is 5.65. The largest absolute Gasteiger partial charge is 0.492 e. The van der Waals surface area contributed by atoms with E-state index < -0.39 is 0 Å². The summed E-state index contributed by atoms with van der Waals surface area (Å²) in [6, 6.07) is 12.9. The number of nitrogens with two attached hydrogens (primary N) is 2. The molecule has 0 atom stereocenters. The van der Waals surface area contributed by atoms with Crippen molar-refractivity contribution < 1.29 is 9.47 Å². The molecule has 24 heavy (non-hydrogen) atoms. The minimum atomic E-state index is 0.515. The molecule has 1 fully saturated rings. The highest BCUT2D eigenvalue weighted by atomic mass is 16.5. The van der Waals surface area contributed by atoms with Crippen LogP contribution in [-0.4, -0.2) is 31.1 Å². The fourth-order valence-electron chi connectivity index (χ4n) is 2.86. The van der Waals surface area contributed by atoms with Crippen molar-refractivity contribution in [3.05, 3.63) is 42.5 Å². The van der Waals surface area contributed by atoms with Crippen LogP contribution in [0, 0.1) is 0 Å². The first kappa shape index (κ1) is 16.5. The van der Waals surface area contributed by atoms with E-state index in [9.17, 15) is 0 Å². The van der Waals surface area contributed by atoms with E-state index in [-0.39, 0.29) is 0 Å². The van der Waals surface area contributed by atoms with Gasteiger partial charge in [0.25, 0.3) is 0 Å². The van der Waals surface area contributed by atoms with Gasteiger partial charge in [0.15, 0.2) is 0 Å². The molecule has 3 rings (SSSR count). The normalized spacial score (nSPS) is 15.2. The maximum absolute atomic E-state index is 5.86. The van der Waals surface area contributed by atoms with E-state index in [2.05, 4.69) is 4.90 Å². The molecule has 128 valence electrons. The molecule has 2 aromatic rings. The van der Waals surface area contributed by atoms with Crippen LogP contribution in [0.5, 0.6) is 17.2 Å². The Bertz CT molecular complexity index is 669. The van der Waals surface area contributed by atoms with E-state index in [0.717, 1.165) is 18.0 Å². The highest BCUT2D eigenvalue weighted by Crippen LogP contribution is 2.28. The van der Waals surface area contributed by atoms with Crippen molar-refractivity contribution in [1.29, 1.82) is 0 Å². The number of likely N-dealkylation sites (tertiary alicyclic amines) is 1. The van der Waals surface area contributed by atoms with Gasteiger partial charge in [-0.2, -0.15) is 0 Å². The first-order valence-corrected chi connectivity index (χ1v) is 8.49. The number of benzene rings is 2. The van der Waals surface area contributed by atoms with Gasteiger partial charge in [0.1, 0.15) is 23.9 Å². The van der Waals surface area contributed by atoms with E-state index in [0.29, 0.717) is 23.7 Å². The van der Waals surface area contributed by atoms with Crippen LogP contribution >= 0.6 is 0 Å². The van der Waals surface area contributed by atoms with E-state index in [1.807, 2.05) is 24.3 Å². The molecular weight excluding hydrogens is 302 g/mol. The van der Waals surface area contributed by atoms with Crippen LogP contribution in [0.15, 0.2) is 42.5 Å². The zero-order valence-corrected chi connectivity index (χ0v) is 13.9. The van der Waals surface area contributed by atoms with Gasteiger partial charge < -0.3 is 20.9 Å². The van der Waals surface area contributed by atoms with Gasteiger partial charge in [-0.3, -0.25) is 4.90 Å². The molecule has 1 aliphatic heterocycles. The average Bonchev–Trinajstić information content (AvgIpc) is 2.60. The Morgan fingerprint density at radius 1 is 0.833 bits per heavy atom. The Morgan fingerprint density at radius 2 is 1.58 bits per heavy atom. The summed E-state index contributed by atoms with van der Waals surface area (Å²) in [6.07, 6.45) is 3.95. The van der Waals surface area contributed by atoms with Gasteiger partial charge in [-0.05, 0) is 50.2 Å². The number of ether oxygens (including phenoxy) is 2. The standard InChI is InChI=1S/C19H25N3O2/c20-18-8-7-17(14-19(18)21)24-16-6-4-5-15(13-16)23-12-11-22-9-2-1-3-10-22/h4-8,13-14H,1-3,9-12,20-21H2. The van der Waals surface area contributed by atoms with Crippen LogP contribution < -0.4 is 20.9 Å². The second kappa shape index (κ2) is 7.93. The molecule has 2 aromatic carbocycles. The van der Waals surface area contributed by atoms with Crippen molar-refractivity contribution >= 4 is 11.4 Å². The van der Waals surface area contributed by atoms with Gasteiger partial charge in [-0.15, -0.1) is 0 Å². The maximum atomic E-state index is 5.86. The van der Waals surface area contributed by atoms with Crippen LogP contribution in [-0.2, 0) is 0 Å². The summed E-state index contributed by atoms with van der Waals surface area (Å²) in [5, 5.41) is 0. The van der Waals surface area contributed by atoms with Crippen molar-refractivity contribution in [2.24, 2.45) is 0 Å². The molecule has 0 aromatic heterocycles. The maximum Gasteiger partial charge on any atom is 0.131 e. The monoisotopic (exact) mass is 327 g/mol. The number of piperidine rings is 1.